The normalized spacial score (nSPS) is 16.8. The number of hydrogen-bond donors (Lipinski definition) is 1. The molecule has 32 heavy (non-hydrogen) atoms. The maximum Gasteiger partial charge on any atom is 0.416 e. The Bertz CT molecular complexity index is 874. The number of halogens is 6. The van der Waals surface area contributed by atoms with Crippen molar-refractivity contribution in [3.63, 3.8) is 0 Å². The van der Waals surface area contributed by atoms with E-state index in [1.807, 2.05) is 4.90 Å². The molecule has 1 unspecified atom stereocenters. The lowest BCUT2D eigenvalue weighted by Crippen LogP contribution is -2.50. The monoisotopic (exact) mass is 466 g/mol. The number of rotatable bonds is 6. The Kier molecular flexibility index (Phi) is 7.03. The van der Waals surface area contributed by atoms with Crippen LogP contribution in [-0.2, 0) is 12.4 Å². The fourth-order valence-electron chi connectivity index (χ4n) is 3.24. The molecule has 1 saturated heterocycles. The van der Waals surface area contributed by atoms with E-state index in [-0.39, 0.29) is 24.3 Å². The first kappa shape index (κ1) is 23.9. The smallest absolute Gasteiger partial charge is 0.416 e. The van der Waals surface area contributed by atoms with Gasteiger partial charge in [-0.15, -0.1) is 0 Å². The summed E-state index contributed by atoms with van der Waals surface area (Å²) in [6, 6.07) is 4.07. The number of carbonyl (C=O) groups excluding carboxylic acids is 1. The molecule has 12 heteroatoms. The van der Waals surface area contributed by atoms with Gasteiger partial charge in [-0.1, -0.05) is 0 Å². The van der Waals surface area contributed by atoms with Gasteiger partial charge in [-0.05, 0) is 30.3 Å². The number of amides is 1. The Hall–Kier alpha value is -2.73. The van der Waals surface area contributed by atoms with Gasteiger partial charge in [0.25, 0.3) is 5.91 Å². The molecule has 1 aliphatic rings. The second-order valence-corrected chi connectivity index (χ2v) is 7.28. The van der Waals surface area contributed by atoms with Crippen LogP contribution < -0.4 is 4.74 Å². The summed E-state index contributed by atoms with van der Waals surface area (Å²) < 4.78 is 87.6. The van der Waals surface area contributed by atoms with Crippen LogP contribution >= 0.6 is 0 Å². The van der Waals surface area contributed by atoms with Gasteiger partial charge in [0.05, 0.1) is 17.4 Å². The van der Waals surface area contributed by atoms with E-state index < -0.39 is 41.9 Å². The number of carbonyl (C=O) groups is 1. The number of furan rings is 1. The Balaban J connectivity index is 1.53. The van der Waals surface area contributed by atoms with Gasteiger partial charge >= 0.3 is 12.4 Å². The Morgan fingerprint density at radius 2 is 1.62 bits per heavy atom. The zero-order chi connectivity index (χ0) is 23.5. The molecule has 1 aliphatic heterocycles. The van der Waals surface area contributed by atoms with Crippen molar-refractivity contribution >= 4 is 5.91 Å². The fraction of sp³-hybridized carbons (Fsp3) is 0.450. The molecule has 1 atom stereocenters. The molecule has 1 amide bonds. The average molecular weight is 466 g/mol. The third kappa shape index (κ3) is 6.16. The first-order valence-corrected chi connectivity index (χ1v) is 9.59. The standard InChI is InChI=1S/C20H20F6N2O4/c21-19(22,23)13-8-14(20(24,25)26)10-16(9-13)32-12-15(29)11-27-3-5-28(6-4-27)18(30)17-2-1-7-31-17/h1-2,7-10,15,29H,3-6,11-12H2. The van der Waals surface area contributed by atoms with E-state index in [0.29, 0.717) is 38.3 Å². The van der Waals surface area contributed by atoms with Crippen molar-refractivity contribution in [3.05, 3.63) is 53.5 Å². The largest absolute Gasteiger partial charge is 0.491 e. The molecule has 2 aromatic rings. The first-order valence-electron chi connectivity index (χ1n) is 9.59. The van der Waals surface area contributed by atoms with Gasteiger partial charge in [0, 0.05) is 32.7 Å². The number of nitrogens with zero attached hydrogens (tertiary/aromatic N) is 2. The number of alkyl halides is 6. The predicted molar refractivity (Wildman–Crippen MR) is 99.0 cm³/mol. The number of aliphatic hydroxyl groups excluding tert-OH is 1. The van der Waals surface area contributed by atoms with Gasteiger partial charge in [0.15, 0.2) is 5.76 Å². The minimum Gasteiger partial charge on any atom is -0.491 e. The summed E-state index contributed by atoms with van der Waals surface area (Å²) in [5.74, 6) is -0.685. The van der Waals surface area contributed by atoms with Gasteiger partial charge < -0.3 is 19.2 Å². The fourth-order valence-corrected chi connectivity index (χ4v) is 3.24. The van der Waals surface area contributed by atoms with Crippen molar-refractivity contribution in [2.24, 2.45) is 0 Å². The van der Waals surface area contributed by atoms with Crippen molar-refractivity contribution in [3.8, 4) is 5.75 Å². The second-order valence-electron chi connectivity index (χ2n) is 7.28. The van der Waals surface area contributed by atoms with E-state index in [9.17, 15) is 36.2 Å². The molecule has 0 radical (unpaired) electrons. The van der Waals surface area contributed by atoms with E-state index in [1.54, 1.807) is 17.0 Å². The molecule has 2 heterocycles. The molecule has 3 rings (SSSR count). The van der Waals surface area contributed by atoms with Crippen LogP contribution in [0.4, 0.5) is 26.3 Å². The SMILES string of the molecule is O=C(c1ccco1)N1CCN(CC(O)COc2cc(C(F)(F)F)cc(C(F)(F)F)c2)CC1. The minimum absolute atomic E-state index is 0.00673. The molecule has 0 aliphatic carbocycles. The van der Waals surface area contributed by atoms with E-state index >= 15 is 0 Å². The summed E-state index contributed by atoms with van der Waals surface area (Å²) in [7, 11) is 0. The number of aliphatic hydroxyl groups is 1. The van der Waals surface area contributed by atoms with E-state index in [0.717, 1.165) is 0 Å². The predicted octanol–water partition coefficient (Wildman–Crippen LogP) is 3.51. The van der Waals surface area contributed by atoms with Crippen LogP contribution in [0.1, 0.15) is 21.7 Å². The summed E-state index contributed by atoms with van der Waals surface area (Å²) in [5.41, 5.74) is -2.98. The lowest BCUT2D eigenvalue weighted by atomic mass is 10.1. The average Bonchev–Trinajstić information content (AvgIpc) is 3.26. The molecule has 0 bridgehead atoms. The first-order chi connectivity index (χ1) is 14.9. The molecular formula is C20H20F6N2O4. The topological polar surface area (TPSA) is 66.2 Å². The number of β-amino-alcohol motifs (C(OH)–C–C–N with tert-alkyl or cyclic N) is 1. The molecule has 1 aromatic heterocycles. The maximum absolute atomic E-state index is 12.9. The quantitative estimate of drug-likeness (QED) is 0.661. The van der Waals surface area contributed by atoms with Crippen LogP contribution in [0.25, 0.3) is 0 Å². The lowest BCUT2D eigenvalue weighted by molar-refractivity contribution is -0.143. The number of benzene rings is 1. The van der Waals surface area contributed by atoms with Gasteiger partial charge in [-0.2, -0.15) is 26.3 Å². The third-order valence-electron chi connectivity index (χ3n) is 4.86. The third-order valence-corrected chi connectivity index (χ3v) is 4.86. The summed E-state index contributed by atoms with van der Waals surface area (Å²) in [6.45, 7) is 1.17. The summed E-state index contributed by atoms with van der Waals surface area (Å²) in [6.07, 6.45) is -9.73. The van der Waals surface area contributed by atoms with Crippen molar-refractivity contribution in [2.75, 3.05) is 39.3 Å². The van der Waals surface area contributed by atoms with Crippen molar-refractivity contribution < 1.29 is 45.4 Å². The number of piperazine rings is 1. The van der Waals surface area contributed by atoms with Crippen molar-refractivity contribution in [2.45, 2.75) is 18.5 Å². The highest BCUT2D eigenvalue weighted by molar-refractivity contribution is 5.91. The number of ether oxygens (including phenoxy) is 1. The summed E-state index contributed by atoms with van der Waals surface area (Å²) in [4.78, 5) is 15.6. The van der Waals surface area contributed by atoms with Crippen molar-refractivity contribution in [1.29, 1.82) is 0 Å². The highest BCUT2D eigenvalue weighted by Gasteiger charge is 2.37. The van der Waals surface area contributed by atoms with Crippen LogP contribution in [0.2, 0.25) is 0 Å². The highest BCUT2D eigenvalue weighted by atomic mass is 19.4. The minimum atomic E-state index is -4.98. The van der Waals surface area contributed by atoms with E-state index in [1.165, 1.54) is 6.26 Å². The molecule has 0 saturated carbocycles. The van der Waals surface area contributed by atoms with E-state index in [4.69, 9.17) is 9.15 Å². The number of hydrogen-bond acceptors (Lipinski definition) is 5. The van der Waals surface area contributed by atoms with Crippen molar-refractivity contribution in [1.82, 2.24) is 9.80 Å². The van der Waals surface area contributed by atoms with Gasteiger partial charge in [0.1, 0.15) is 18.5 Å². The molecule has 176 valence electrons. The van der Waals surface area contributed by atoms with Gasteiger partial charge in [0.2, 0.25) is 0 Å². The maximum atomic E-state index is 12.9. The molecular weight excluding hydrogens is 446 g/mol. The summed E-state index contributed by atoms with van der Waals surface area (Å²) >= 11 is 0. The Morgan fingerprint density at radius 3 is 2.12 bits per heavy atom. The molecule has 1 aromatic carbocycles. The highest BCUT2D eigenvalue weighted by Crippen LogP contribution is 2.38. The zero-order valence-corrected chi connectivity index (χ0v) is 16.6. The van der Waals surface area contributed by atoms with Crippen LogP contribution in [-0.4, -0.2) is 66.2 Å². The molecule has 1 fully saturated rings. The van der Waals surface area contributed by atoms with E-state index in [2.05, 4.69) is 0 Å². The molecule has 1 N–H and O–H groups in total. The zero-order valence-electron chi connectivity index (χ0n) is 16.6. The van der Waals surface area contributed by atoms with Crippen LogP contribution in [0, 0.1) is 0 Å². The lowest BCUT2D eigenvalue weighted by Gasteiger charge is -2.35. The van der Waals surface area contributed by atoms with Crippen LogP contribution in [0.3, 0.4) is 0 Å². The van der Waals surface area contributed by atoms with Crippen LogP contribution in [0.5, 0.6) is 5.75 Å². The second kappa shape index (κ2) is 9.41. The van der Waals surface area contributed by atoms with Gasteiger partial charge in [-0.3, -0.25) is 9.69 Å². The molecule has 6 nitrogen and oxygen atoms in total. The van der Waals surface area contributed by atoms with Gasteiger partial charge in [-0.25, -0.2) is 0 Å². The Labute approximate surface area is 179 Å². The Morgan fingerprint density at radius 1 is 1.03 bits per heavy atom. The summed E-state index contributed by atoms with van der Waals surface area (Å²) in [5, 5.41) is 10.1. The molecule has 0 spiro atoms. The van der Waals surface area contributed by atoms with Crippen LogP contribution in [0.15, 0.2) is 41.0 Å².